The molecule has 0 saturated carbocycles. The zero-order valence-corrected chi connectivity index (χ0v) is 12.3. The minimum atomic E-state index is 0.229. The molecule has 4 heteroatoms. The zero-order chi connectivity index (χ0) is 13.4. The second-order valence-electron chi connectivity index (χ2n) is 4.48. The van der Waals surface area contributed by atoms with E-state index in [9.17, 15) is 0 Å². The maximum atomic E-state index is 8.67. The Bertz CT molecular complexity index is 358. The fourth-order valence-corrected chi connectivity index (χ4v) is 2.44. The molecule has 0 amide bonds. The van der Waals surface area contributed by atoms with Crippen molar-refractivity contribution in [1.82, 2.24) is 5.32 Å². The summed E-state index contributed by atoms with van der Waals surface area (Å²) >= 11 is 12.0. The summed E-state index contributed by atoms with van der Waals surface area (Å²) in [4.78, 5) is 0. The molecule has 0 saturated heterocycles. The molecular weight excluding hydrogens is 269 g/mol. The maximum Gasteiger partial charge on any atom is 0.0468 e. The predicted molar refractivity (Wildman–Crippen MR) is 78.4 cm³/mol. The summed E-state index contributed by atoms with van der Waals surface area (Å²) in [6, 6.07) is 5.83. The van der Waals surface area contributed by atoms with Crippen LogP contribution in [0, 0.1) is 0 Å². The minimum absolute atomic E-state index is 0.229. The summed E-state index contributed by atoms with van der Waals surface area (Å²) in [5.74, 6) is 0. The molecule has 1 atom stereocenters. The third-order valence-electron chi connectivity index (χ3n) is 2.96. The zero-order valence-electron chi connectivity index (χ0n) is 10.8. The Balaban J connectivity index is 2.29. The van der Waals surface area contributed by atoms with E-state index in [4.69, 9.17) is 28.3 Å². The number of nitrogens with one attached hydrogen (secondary N) is 1. The number of aliphatic hydroxyl groups excluding tert-OH is 1. The van der Waals surface area contributed by atoms with Gasteiger partial charge in [-0.15, -0.1) is 0 Å². The van der Waals surface area contributed by atoms with Crippen LogP contribution in [0.5, 0.6) is 0 Å². The summed E-state index contributed by atoms with van der Waals surface area (Å²) in [6.07, 6.45) is 4.26. The van der Waals surface area contributed by atoms with Crippen molar-refractivity contribution < 1.29 is 5.11 Å². The Morgan fingerprint density at radius 3 is 2.56 bits per heavy atom. The summed E-state index contributed by atoms with van der Waals surface area (Å²) in [6.45, 7) is 3.36. The lowest BCUT2D eigenvalue weighted by molar-refractivity contribution is 0.282. The highest BCUT2D eigenvalue weighted by Gasteiger charge is 2.08. The Labute approximate surface area is 119 Å². The van der Waals surface area contributed by atoms with Gasteiger partial charge in [0, 0.05) is 22.7 Å². The molecule has 102 valence electrons. The van der Waals surface area contributed by atoms with Crippen LogP contribution in [0.15, 0.2) is 18.2 Å². The van der Waals surface area contributed by atoms with E-state index in [2.05, 4.69) is 12.2 Å². The summed E-state index contributed by atoms with van der Waals surface area (Å²) in [7, 11) is 0. The molecule has 1 rings (SSSR count). The summed E-state index contributed by atoms with van der Waals surface area (Å²) < 4.78 is 0. The van der Waals surface area contributed by atoms with E-state index in [1.165, 1.54) is 0 Å². The molecule has 0 heterocycles. The number of hydrogen-bond donors (Lipinski definition) is 2. The van der Waals surface area contributed by atoms with E-state index in [1.54, 1.807) is 6.07 Å². The Morgan fingerprint density at radius 1 is 1.17 bits per heavy atom. The van der Waals surface area contributed by atoms with Gasteiger partial charge in [0.15, 0.2) is 0 Å². The van der Waals surface area contributed by atoms with E-state index < -0.39 is 0 Å². The number of aliphatic hydroxyl groups is 1. The second-order valence-corrected chi connectivity index (χ2v) is 5.32. The van der Waals surface area contributed by atoms with Crippen LogP contribution in [0.25, 0.3) is 0 Å². The topological polar surface area (TPSA) is 32.3 Å². The third kappa shape index (κ3) is 5.57. The number of hydrogen-bond acceptors (Lipinski definition) is 2. The summed E-state index contributed by atoms with van der Waals surface area (Å²) in [5.41, 5.74) is 1.08. The molecule has 0 aromatic heterocycles. The third-order valence-corrected chi connectivity index (χ3v) is 3.53. The molecule has 0 fully saturated rings. The van der Waals surface area contributed by atoms with E-state index in [0.29, 0.717) is 16.7 Å². The van der Waals surface area contributed by atoms with Crippen LogP contribution in [0.2, 0.25) is 10.0 Å². The predicted octanol–water partition coefficient (Wildman–Crippen LogP) is 4.20. The number of unbranched alkanes of at least 4 members (excludes halogenated alkanes) is 3. The molecule has 2 nitrogen and oxygen atoms in total. The van der Waals surface area contributed by atoms with Crippen molar-refractivity contribution >= 4 is 23.2 Å². The van der Waals surface area contributed by atoms with Crippen LogP contribution >= 0.6 is 23.2 Å². The minimum Gasteiger partial charge on any atom is -0.396 e. The van der Waals surface area contributed by atoms with Crippen molar-refractivity contribution in [1.29, 1.82) is 0 Å². The normalized spacial score (nSPS) is 12.7. The molecule has 1 unspecified atom stereocenters. The van der Waals surface area contributed by atoms with E-state index in [1.807, 2.05) is 12.1 Å². The van der Waals surface area contributed by atoms with Gasteiger partial charge in [0.25, 0.3) is 0 Å². The van der Waals surface area contributed by atoms with Crippen molar-refractivity contribution in [3.8, 4) is 0 Å². The van der Waals surface area contributed by atoms with Crippen molar-refractivity contribution in [2.75, 3.05) is 13.2 Å². The molecule has 0 bridgehead atoms. The first-order valence-electron chi connectivity index (χ1n) is 6.44. The molecule has 0 radical (unpaired) electrons. The van der Waals surface area contributed by atoms with E-state index in [-0.39, 0.29) is 6.04 Å². The van der Waals surface area contributed by atoms with E-state index >= 15 is 0 Å². The van der Waals surface area contributed by atoms with Crippen molar-refractivity contribution in [2.24, 2.45) is 0 Å². The molecular formula is C14H21Cl2NO. The first-order valence-corrected chi connectivity index (χ1v) is 7.20. The fraction of sp³-hybridized carbons (Fsp3) is 0.571. The monoisotopic (exact) mass is 289 g/mol. The van der Waals surface area contributed by atoms with Crippen LogP contribution in [-0.2, 0) is 0 Å². The quantitative estimate of drug-likeness (QED) is 0.703. The fourth-order valence-electron chi connectivity index (χ4n) is 1.87. The van der Waals surface area contributed by atoms with Crippen LogP contribution in [0.1, 0.15) is 44.2 Å². The van der Waals surface area contributed by atoms with Crippen molar-refractivity contribution in [3.05, 3.63) is 33.8 Å². The van der Waals surface area contributed by atoms with Gasteiger partial charge in [-0.2, -0.15) is 0 Å². The average molecular weight is 290 g/mol. The number of rotatable bonds is 8. The van der Waals surface area contributed by atoms with Gasteiger partial charge >= 0.3 is 0 Å². The molecule has 1 aromatic rings. The lowest BCUT2D eigenvalue weighted by Gasteiger charge is -2.15. The first kappa shape index (κ1) is 15.8. The molecule has 1 aromatic carbocycles. The van der Waals surface area contributed by atoms with Gasteiger partial charge < -0.3 is 10.4 Å². The first-order chi connectivity index (χ1) is 8.65. The Hall–Kier alpha value is -0.280. The highest BCUT2D eigenvalue weighted by molar-refractivity contribution is 6.35. The van der Waals surface area contributed by atoms with Crippen molar-refractivity contribution in [3.63, 3.8) is 0 Å². The molecule has 0 aliphatic carbocycles. The van der Waals surface area contributed by atoms with Crippen LogP contribution in [0.3, 0.4) is 0 Å². The second kappa shape index (κ2) is 8.76. The van der Waals surface area contributed by atoms with Gasteiger partial charge in [0.2, 0.25) is 0 Å². The highest BCUT2D eigenvalue weighted by Crippen LogP contribution is 2.25. The standard InChI is InChI=1S/C14H21Cl2NO/c1-11(17-8-4-2-3-5-9-18)13-7-6-12(15)10-14(13)16/h6-7,10-11,17-18H,2-5,8-9H2,1H3. The largest absolute Gasteiger partial charge is 0.396 e. The molecule has 0 aliphatic heterocycles. The van der Waals surface area contributed by atoms with Crippen molar-refractivity contribution in [2.45, 2.75) is 38.6 Å². The van der Waals surface area contributed by atoms with Crippen LogP contribution in [0.4, 0.5) is 0 Å². The van der Waals surface area contributed by atoms with Gasteiger partial charge in [-0.1, -0.05) is 42.1 Å². The van der Waals surface area contributed by atoms with Gasteiger partial charge in [-0.3, -0.25) is 0 Å². The lowest BCUT2D eigenvalue weighted by Crippen LogP contribution is -2.20. The van der Waals surface area contributed by atoms with Crippen LogP contribution in [-0.4, -0.2) is 18.3 Å². The van der Waals surface area contributed by atoms with Gasteiger partial charge in [-0.25, -0.2) is 0 Å². The Kier molecular flexibility index (Phi) is 7.68. The molecule has 0 aliphatic rings. The Morgan fingerprint density at radius 2 is 1.89 bits per heavy atom. The molecule has 18 heavy (non-hydrogen) atoms. The maximum absolute atomic E-state index is 8.67. The SMILES string of the molecule is CC(NCCCCCCO)c1ccc(Cl)cc1Cl. The van der Waals surface area contributed by atoms with Gasteiger partial charge in [-0.05, 0) is 44.0 Å². The smallest absolute Gasteiger partial charge is 0.0468 e. The average Bonchev–Trinajstić information content (AvgIpc) is 2.33. The highest BCUT2D eigenvalue weighted by atomic mass is 35.5. The summed E-state index contributed by atoms with van der Waals surface area (Å²) in [5, 5.41) is 13.5. The van der Waals surface area contributed by atoms with Crippen LogP contribution < -0.4 is 5.32 Å². The molecule has 0 spiro atoms. The van der Waals surface area contributed by atoms with E-state index in [0.717, 1.165) is 37.8 Å². The van der Waals surface area contributed by atoms with Gasteiger partial charge in [0.1, 0.15) is 0 Å². The number of halogens is 2. The number of benzene rings is 1. The van der Waals surface area contributed by atoms with Gasteiger partial charge in [0.05, 0.1) is 0 Å². The molecule has 2 N–H and O–H groups in total. The lowest BCUT2D eigenvalue weighted by atomic mass is 10.1.